The second kappa shape index (κ2) is 7.73. The summed E-state index contributed by atoms with van der Waals surface area (Å²) in [6, 6.07) is 0. The van der Waals surface area contributed by atoms with Gasteiger partial charge in [0.2, 0.25) is 0 Å². The van der Waals surface area contributed by atoms with Gasteiger partial charge in [-0.15, -0.1) is 0 Å². The second-order valence-corrected chi connectivity index (χ2v) is 15.0. The molecule has 32 heavy (non-hydrogen) atoms. The summed E-state index contributed by atoms with van der Waals surface area (Å²) in [6.45, 7) is 20.4. The van der Waals surface area contributed by atoms with Gasteiger partial charge < -0.3 is 5.11 Å². The maximum atomic E-state index is 10.6. The zero-order valence-corrected chi connectivity index (χ0v) is 22.7. The first kappa shape index (κ1) is 23.7. The van der Waals surface area contributed by atoms with Crippen molar-refractivity contribution in [1.82, 2.24) is 0 Å². The Balaban J connectivity index is 1.34. The van der Waals surface area contributed by atoms with Gasteiger partial charge in [0.05, 0.1) is 6.10 Å². The van der Waals surface area contributed by atoms with Gasteiger partial charge in [-0.25, -0.2) is 0 Å². The molecule has 0 bridgehead atoms. The molecule has 0 aromatic heterocycles. The SMILES string of the molecule is CC(C)[C@@H](C)[C@@]1(C)C[C@@H]1[C@@H](C)C1CCC2C3CCC4[C@H](C)C(O)CCC4(C)C3CCC21C. The zero-order chi connectivity index (χ0) is 23.2. The summed E-state index contributed by atoms with van der Waals surface area (Å²) in [5, 5.41) is 10.6. The maximum Gasteiger partial charge on any atom is 0.0568 e. The molecular weight excluding hydrogens is 388 g/mol. The van der Waals surface area contributed by atoms with E-state index < -0.39 is 0 Å². The molecule has 0 radical (unpaired) electrons. The number of hydrogen-bond donors (Lipinski definition) is 1. The first-order valence-corrected chi connectivity index (χ1v) is 14.6. The van der Waals surface area contributed by atoms with Crippen LogP contribution in [0, 0.1) is 75.4 Å². The van der Waals surface area contributed by atoms with Crippen molar-refractivity contribution in [2.24, 2.45) is 75.4 Å². The predicted molar refractivity (Wildman–Crippen MR) is 135 cm³/mol. The summed E-state index contributed by atoms with van der Waals surface area (Å²) >= 11 is 0. The van der Waals surface area contributed by atoms with E-state index in [2.05, 4.69) is 55.4 Å². The fourth-order valence-electron chi connectivity index (χ4n) is 11.4. The highest BCUT2D eigenvalue weighted by Gasteiger charge is 2.64. The molecule has 0 spiro atoms. The molecule has 0 aromatic rings. The van der Waals surface area contributed by atoms with Gasteiger partial charge in [-0.2, -0.15) is 0 Å². The number of aliphatic hydroxyl groups is 1. The van der Waals surface area contributed by atoms with Gasteiger partial charge in [-0.05, 0) is 133 Å². The van der Waals surface area contributed by atoms with Gasteiger partial charge in [-0.3, -0.25) is 0 Å². The molecule has 1 heteroatoms. The largest absolute Gasteiger partial charge is 0.393 e. The summed E-state index contributed by atoms with van der Waals surface area (Å²) in [5.74, 6) is 8.63. The molecule has 0 heterocycles. The Bertz CT molecular complexity index is 713. The molecule has 8 unspecified atom stereocenters. The Morgan fingerprint density at radius 2 is 1.34 bits per heavy atom. The molecule has 0 aromatic carbocycles. The molecule has 5 aliphatic carbocycles. The molecule has 13 atom stereocenters. The fourth-order valence-corrected chi connectivity index (χ4v) is 11.4. The summed E-state index contributed by atoms with van der Waals surface area (Å²) in [6.07, 6.45) is 12.6. The van der Waals surface area contributed by atoms with E-state index in [1.807, 2.05) is 0 Å². The lowest BCUT2D eigenvalue weighted by Crippen LogP contribution is -2.56. The quantitative estimate of drug-likeness (QED) is 0.465. The molecule has 5 rings (SSSR count). The Kier molecular flexibility index (Phi) is 5.72. The van der Waals surface area contributed by atoms with Crippen LogP contribution in [0.25, 0.3) is 0 Å². The minimum Gasteiger partial charge on any atom is -0.393 e. The predicted octanol–water partition coefficient (Wildman–Crippen LogP) is 8.21. The topological polar surface area (TPSA) is 20.2 Å². The van der Waals surface area contributed by atoms with Crippen LogP contribution in [0.1, 0.15) is 113 Å². The summed E-state index contributed by atoms with van der Waals surface area (Å²) < 4.78 is 0. The molecule has 5 aliphatic rings. The number of fused-ring (bicyclic) bond motifs is 5. The van der Waals surface area contributed by atoms with Crippen LogP contribution in [0.5, 0.6) is 0 Å². The van der Waals surface area contributed by atoms with Crippen LogP contribution in [0.4, 0.5) is 0 Å². The van der Waals surface area contributed by atoms with Gasteiger partial charge in [-0.1, -0.05) is 55.4 Å². The van der Waals surface area contributed by atoms with Crippen molar-refractivity contribution < 1.29 is 5.11 Å². The molecule has 1 nitrogen and oxygen atoms in total. The third-order valence-corrected chi connectivity index (χ3v) is 13.9. The third-order valence-electron chi connectivity index (χ3n) is 13.9. The highest BCUT2D eigenvalue weighted by molar-refractivity contribution is 5.13. The molecule has 0 aliphatic heterocycles. The zero-order valence-electron chi connectivity index (χ0n) is 22.7. The molecule has 0 saturated heterocycles. The maximum absolute atomic E-state index is 10.6. The normalized spacial score (nSPS) is 56.8. The van der Waals surface area contributed by atoms with Crippen molar-refractivity contribution in [1.29, 1.82) is 0 Å². The number of hydrogen-bond acceptors (Lipinski definition) is 1. The van der Waals surface area contributed by atoms with Crippen LogP contribution in [-0.2, 0) is 0 Å². The monoisotopic (exact) mass is 442 g/mol. The van der Waals surface area contributed by atoms with Crippen LogP contribution >= 0.6 is 0 Å². The van der Waals surface area contributed by atoms with Crippen LogP contribution in [0.15, 0.2) is 0 Å². The summed E-state index contributed by atoms with van der Waals surface area (Å²) in [4.78, 5) is 0. The first-order chi connectivity index (χ1) is 14.9. The molecule has 5 fully saturated rings. The second-order valence-electron chi connectivity index (χ2n) is 15.0. The van der Waals surface area contributed by atoms with E-state index in [0.29, 0.717) is 22.2 Å². The van der Waals surface area contributed by atoms with E-state index in [9.17, 15) is 5.11 Å². The Labute approximate surface area is 199 Å². The van der Waals surface area contributed by atoms with Crippen LogP contribution in [0.2, 0.25) is 0 Å². The van der Waals surface area contributed by atoms with E-state index in [-0.39, 0.29) is 6.10 Å². The van der Waals surface area contributed by atoms with E-state index in [1.165, 1.54) is 51.4 Å². The summed E-state index contributed by atoms with van der Waals surface area (Å²) in [7, 11) is 0. The van der Waals surface area contributed by atoms with E-state index in [1.54, 1.807) is 0 Å². The fraction of sp³-hybridized carbons (Fsp3) is 1.00. The van der Waals surface area contributed by atoms with Gasteiger partial charge in [0.25, 0.3) is 0 Å². The third kappa shape index (κ3) is 3.18. The lowest BCUT2D eigenvalue weighted by Gasteiger charge is -2.62. The van der Waals surface area contributed by atoms with Crippen LogP contribution in [-0.4, -0.2) is 11.2 Å². The van der Waals surface area contributed by atoms with Crippen molar-refractivity contribution in [3.8, 4) is 0 Å². The number of rotatable bonds is 4. The van der Waals surface area contributed by atoms with Crippen molar-refractivity contribution >= 4 is 0 Å². The lowest BCUT2D eigenvalue weighted by atomic mass is 9.43. The van der Waals surface area contributed by atoms with Crippen molar-refractivity contribution in [2.45, 2.75) is 119 Å². The van der Waals surface area contributed by atoms with Crippen LogP contribution < -0.4 is 0 Å². The van der Waals surface area contributed by atoms with Crippen molar-refractivity contribution in [3.63, 3.8) is 0 Å². The smallest absolute Gasteiger partial charge is 0.0568 e. The minimum atomic E-state index is -0.0451. The van der Waals surface area contributed by atoms with Crippen LogP contribution in [0.3, 0.4) is 0 Å². The Morgan fingerprint density at radius 1 is 0.719 bits per heavy atom. The highest BCUT2D eigenvalue weighted by atomic mass is 16.3. The molecule has 0 amide bonds. The van der Waals surface area contributed by atoms with E-state index >= 15 is 0 Å². The Morgan fingerprint density at radius 3 is 2.03 bits per heavy atom. The van der Waals surface area contributed by atoms with Gasteiger partial charge in [0.1, 0.15) is 0 Å². The summed E-state index contributed by atoms with van der Waals surface area (Å²) in [5.41, 5.74) is 1.69. The van der Waals surface area contributed by atoms with Crippen molar-refractivity contribution in [3.05, 3.63) is 0 Å². The minimum absolute atomic E-state index is 0.0451. The van der Waals surface area contributed by atoms with Crippen molar-refractivity contribution in [2.75, 3.05) is 0 Å². The first-order valence-electron chi connectivity index (χ1n) is 14.6. The molecule has 5 saturated carbocycles. The average Bonchev–Trinajstić information content (AvgIpc) is 3.31. The van der Waals surface area contributed by atoms with Gasteiger partial charge in [0, 0.05) is 0 Å². The average molecular weight is 443 g/mol. The molecule has 1 N–H and O–H groups in total. The van der Waals surface area contributed by atoms with E-state index in [0.717, 1.165) is 59.7 Å². The molecular formula is C31H54O. The van der Waals surface area contributed by atoms with E-state index in [4.69, 9.17) is 0 Å². The van der Waals surface area contributed by atoms with Gasteiger partial charge >= 0.3 is 0 Å². The lowest BCUT2D eigenvalue weighted by molar-refractivity contribution is -0.149. The molecule has 184 valence electrons. The number of aliphatic hydroxyl groups excluding tert-OH is 1. The standard InChI is InChI=1S/C31H54O/c1-18(2)21(5)31(8)17-27(31)19(3)23-11-12-25-22-9-10-24-20(4)28(32)14-16-30(24,7)26(22)13-15-29(23,25)6/h18-28,32H,9-17H2,1-8H3/t19-,20-,21+,22?,23?,24?,25?,26?,27+,28?,29?,30?,31+/m0/s1. The Hall–Kier alpha value is -0.0400. The van der Waals surface area contributed by atoms with Gasteiger partial charge in [0.15, 0.2) is 0 Å². The highest BCUT2D eigenvalue weighted by Crippen LogP contribution is 2.72.